The van der Waals surface area contributed by atoms with E-state index in [2.05, 4.69) is 4.98 Å². The van der Waals surface area contributed by atoms with Crippen LogP contribution in [0.2, 0.25) is 0 Å². The molecule has 0 aliphatic carbocycles. The first-order chi connectivity index (χ1) is 10.2. The molecule has 0 fully saturated rings. The van der Waals surface area contributed by atoms with E-state index >= 15 is 0 Å². The van der Waals surface area contributed by atoms with Crippen molar-refractivity contribution in [2.45, 2.75) is 6.61 Å². The lowest BCUT2D eigenvalue weighted by atomic mass is 10.2. The van der Waals surface area contributed by atoms with E-state index in [-0.39, 0.29) is 12.3 Å². The van der Waals surface area contributed by atoms with Crippen molar-refractivity contribution in [3.63, 3.8) is 0 Å². The highest BCUT2D eigenvalue weighted by atomic mass is 16.5. The monoisotopic (exact) mass is 283 g/mol. The van der Waals surface area contributed by atoms with Gasteiger partial charge in [-0.15, -0.1) is 0 Å². The second-order valence-corrected chi connectivity index (χ2v) is 4.16. The van der Waals surface area contributed by atoms with Crippen molar-refractivity contribution < 1.29 is 14.3 Å². The van der Waals surface area contributed by atoms with E-state index in [1.54, 1.807) is 24.3 Å². The maximum atomic E-state index is 11.9. The number of carbonyl (C=O) groups excluding carboxylic acids is 1. The number of ether oxygens (including phenoxy) is 2. The molecule has 0 radical (unpaired) electrons. The third-order valence-electron chi connectivity index (χ3n) is 2.82. The number of nitrogens with zero attached hydrogens (tertiary/aromatic N) is 2. The Labute approximate surface area is 121 Å². The number of nitrogens with two attached hydrogens (primary N) is 1. The van der Waals surface area contributed by atoms with E-state index in [1.165, 1.54) is 19.4 Å². The number of nitriles is 1. The van der Waals surface area contributed by atoms with Gasteiger partial charge in [-0.25, -0.2) is 9.78 Å². The van der Waals surface area contributed by atoms with Gasteiger partial charge in [-0.3, -0.25) is 0 Å². The second-order valence-electron chi connectivity index (χ2n) is 4.16. The summed E-state index contributed by atoms with van der Waals surface area (Å²) in [6.07, 6.45) is 1.51. The smallest absolute Gasteiger partial charge is 0.338 e. The maximum absolute atomic E-state index is 11.9. The summed E-state index contributed by atoms with van der Waals surface area (Å²) in [7, 11) is 1.50. The van der Waals surface area contributed by atoms with Gasteiger partial charge in [0.25, 0.3) is 0 Å². The number of hydrogen-bond donors (Lipinski definition) is 1. The average molecular weight is 283 g/mol. The van der Waals surface area contributed by atoms with Gasteiger partial charge < -0.3 is 15.2 Å². The molecular weight excluding hydrogens is 270 g/mol. The Balaban J connectivity index is 2.09. The van der Waals surface area contributed by atoms with E-state index in [1.807, 2.05) is 6.07 Å². The molecule has 6 nitrogen and oxygen atoms in total. The standard InChI is InChI=1S/C15H13N3O3/c1-20-14-5-4-10(7-12(14)17)15(19)21-9-11-3-2-6-18-13(11)8-16/h2-7H,9,17H2,1H3. The third-order valence-corrected chi connectivity index (χ3v) is 2.82. The predicted octanol–water partition coefficient (Wildman–Crippen LogP) is 1.90. The summed E-state index contributed by atoms with van der Waals surface area (Å²) in [6, 6.07) is 9.94. The molecule has 0 amide bonds. The van der Waals surface area contributed by atoms with Crippen LogP contribution in [0, 0.1) is 11.3 Å². The van der Waals surface area contributed by atoms with Gasteiger partial charge in [0, 0.05) is 11.8 Å². The van der Waals surface area contributed by atoms with Crippen LogP contribution in [-0.2, 0) is 11.3 Å². The summed E-state index contributed by atoms with van der Waals surface area (Å²) in [6.45, 7) is -0.0263. The molecule has 0 aliphatic rings. The fraction of sp³-hybridized carbons (Fsp3) is 0.133. The Morgan fingerprint density at radius 3 is 2.90 bits per heavy atom. The lowest BCUT2D eigenvalue weighted by molar-refractivity contribution is 0.0472. The summed E-state index contributed by atoms with van der Waals surface area (Å²) in [4.78, 5) is 15.8. The molecule has 1 aromatic heterocycles. The van der Waals surface area contributed by atoms with E-state index in [0.717, 1.165) is 0 Å². The highest BCUT2D eigenvalue weighted by molar-refractivity contribution is 5.91. The highest BCUT2D eigenvalue weighted by Crippen LogP contribution is 2.22. The van der Waals surface area contributed by atoms with Gasteiger partial charge in [-0.2, -0.15) is 5.26 Å². The van der Waals surface area contributed by atoms with E-state index in [9.17, 15) is 4.79 Å². The number of benzene rings is 1. The number of esters is 1. The molecule has 0 saturated heterocycles. The predicted molar refractivity (Wildman–Crippen MR) is 75.5 cm³/mol. The lowest BCUT2D eigenvalue weighted by Gasteiger charge is -2.08. The van der Waals surface area contributed by atoms with Crippen molar-refractivity contribution >= 4 is 11.7 Å². The largest absolute Gasteiger partial charge is 0.495 e. The van der Waals surface area contributed by atoms with Gasteiger partial charge in [0.05, 0.1) is 18.4 Å². The molecule has 1 aromatic carbocycles. The molecule has 2 rings (SSSR count). The molecule has 0 unspecified atom stereocenters. The van der Waals surface area contributed by atoms with Gasteiger partial charge in [0.15, 0.2) is 0 Å². The molecule has 0 spiro atoms. The quantitative estimate of drug-likeness (QED) is 0.679. The number of rotatable bonds is 4. The molecule has 2 aromatic rings. The Bertz CT molecular complexity index is 708. The summed E-state index contributed by atoms with van der Waals surface area (Å²) in [5.74, 6) is -0.0392. The van der Waals surface area contributed by atoms with Gasteiger partial charge >= 0.3 is 5.97 Å². The molecule has 2 N–H and O–H groups in total. The fourth-order valence-electron chi connectivity index (χ4n) is 1.74. The first-order valence-corrected chi connectivity index (χ1v) is 6.10. The molecule has 0 aliphatic heterocycles. The third kappa shape index (κ3) is 3.28. The molecule has 0 bridgehead atoms. The molecule has 1 heterocycles. The molecule has 6 heteroatoms. The van der Waals surface area contributed by atoms with Crippen LogP contribution in [0.15, 0.2) is 36.5 Å². The summed E-state index contributed by atoms with van der Waals surface area (Å²) >= 11 is 0. The van der Waals surface area contributed by atoms with Crippen LogP contribution in [0.25, 0.3) is 0 Å². The summed E-state index contributed by atoms with van der Waals surface area (Å²) < 4.78 is 10.2. The minimum atomic E-state index is -0.530. The number of carbonyl (C=O) groups is 1. The van der Waals surface area contributed by atoms with Crippen molar-refractivity contribution in [1.82, 2.24) is 4.98 Å². The first-order valence-electron chi connectivity index (χ1n) is 6.10. The number of nitrogen functional groups attached to an aromatic ring is 1. The number of hydrogen-bond acceptors (Lipinski definition) is 6. The van der Waals surface area contributed by atoms with Crippen LogP contribution in [0.1, 0.15) is 21.6 Å². The van der Waals surface area contributed by atoms with E-state index in [0.29, 0.717) is 22.6 Å². The van der Waals surface area contributed by atoms with Crippen LogP contribution in [-0.4, -0.2) is 18.1 Å². The Kier molecular flexibility index (Phi) is 4.36. The fourth-order valence-corrected chi connectivity index (χ4v) is 1.74. The lowest BCUT2D eigenvalue weighted by Crippen LogP contribution is -2.07. The molecular formula is C15H13N3O3. The van der Waals surface area contributed by atoms with Crippen molar-refractivity contribution in [1.29, 1.82) is 5.26 Å². The van der Waals surface area contributed by atoms with Crippen LogP contribution < -0.4 is 10.5 Å². The molecule has 21 heavy (non-hydrogen) atoms. The zero-order valence-corrected chi connectivity index (χ0v) is 11.4. The average Bonchev–Trinajstić information content (AvgIpc) is 2.52. The number of pyridine rings is 1. The normalized spacial score (nSPS) is 9.71. The van der Waals surface area contributed by atoms with Crippen LogP contribution in [0.4, 0.5) is 5.69 Å². The Morgan fingerprint density at radius 1 is 1.43 bits per heavy atom. The maximum Gasteiger partial charge on any atom is 0.338 e. The van der Waals surface area contributed by atoms with Crippen LogP contribution in [0.3, 0.4) is 0 Å². The summed E-state index contributed by atoms with van der Waals surface area (Å²) in [5.41, 5.74) is 7.19. The topological polar surface area (TPSA) is 98.2 Å². The minimum Gasteiger partial charge on any atom is -0.495 e. The Hall–Kier alpha value is -3.07. The Morgan fingerprint density at radius 2 is 2.24 bits per heavy atom. The second kappa shape index (κ2) is 6.39. The molecule has 106 valence electrons. The van der Waals surface area contributed by atoms with Crippen LogP contribution in [0.5, 0.6) is 5.75 Å². The van der Waals surface area contributed by atoms with E-state index < -0.39 is 5.97 Å². The van der Waals surface area contributed by atoms with Crippen molar-refractivity contribution in [2.24, 2.45) is 0 Å². The molecule has 0 atom stereocenters. The number of aromatic nitrogens is 1. The van der Waals surface area contributed by atoms with Gasteiger partial charge in [0.1, 0.15) is 24.1 Å². The first kappa shape index (κ1) is 14.3. The number of anilines is 1. The van der Waals surface area contributed by atoms with Gasteiger partial charge in [-0.1, -0.05) is 6.07 Å². The summed E-state index contributed by atoms with van der Waals surface area (Å²) in [5, 5.41) is 8.91. The highest BCUT2D eigenvalue weighted by Gasteiger charge is 2.11. The van der Waals surface area contributed by atoms with E-state index in [4.69, 9.17) is 20.5 Å². The van der Waals surface area contributed by atoms with Crippen molar-refractivity contribution in [3.8, 4) is 11.8 Å². The van der Waals surface area contributed by atoms with Crippen LogP contribution >= 0.6 is 0 Å². The van der Waals surface area contributed by atoms with Crippen molar-refractivity contribution in [2.75, 3.05) is 12.8 Å². The molecule has 0 saturated carbocycles. The SMILES string of the molecule is COc1ccc(C(=O)OCc2cccnc2C#N)cc1N. The van der Waals surface area contributed by atoms with Gasteiger partial charge in [0.2, 0.25) is 0 Å². The van der Waals surface area contributed by atoms with Gasteiger partial charge in [-0.05, 0) is 24.3 Å². The van der Waals surface area contributed by atoms with Crippen molar-refractivity contribution in [3.05, 3.63) is 53.3 Å². The zero-order chi connectivity index (χ0) is 15.2. The zero-order valence-electron chi connectivity index (χ0n) is 11.4. The number of methoxy groups -OCH3 is 1. The minimum absolute atomic E-state index is 0.0263.